The zero-order valence-electron chi connectivity index (χ0n) is 12.3. The van der Waals surface area contributed by atoms with Crippen LogP contribution >= 0.6 is 22.9 Å². The van der Waals surface area contributed by atoms with Crippen LogP contribution in [-0.2, 0) is 21.1 Å². The lowest BCUT2D eigenvalue weighted by Gasteiger charge is -2.06. The average Bonchev–Trinajstić information content (AvgIpc) is 3.26. The third-order valence-corrected chi connectivity index (χ3v) is 6.31. The molecule has 0 aliphatic carbocycles. The Morgan fingerprint density at radius 2 is 1.88 bits per heavy atom. The SMILES string of the molecule is O=C(Cc1cscc1S(=O)(=O)c1ccc(Cl)cc1)C(=O)c1nn[nH]n1. The number of ketones is 2. The van der Waals surface area contributed by atoms with Crippen molar-refractivity contribution in [1.29, 1.82) is 0 Å². The monoisotopic (exact) mass is 396 g/mol. The van der Waals surface area contributed by atoms with E-state index in [2.05, 4.69) is 20.6 Å². The van der Waals surface area contributed by atoms with Gasteiger partial charge in [-0.1, -0.05) is 11.6 Å². The van der Waals surface area contributed by atoms with Crippen molar-refractivity contribution in [1.82, 2.24) is 20.6 Å². The van der Waals surface area contributed by atoms with Crippen molar-refractivity contribution < 1.29 is 18.0 Å². The molecule has 2 aromatic heterocycles. The second-order valence-corrected chi connectivity index (χ2v) is 7.98. The number of hydrogen-bond donors (Lipinski definition) is 1. The third-order valence-electron chi connectivity index (χ3n) is 3.27. The molecule has 0 atom stereocenters. The molecule has 0 amide bonds. The standard InChI is InChI=1S/C14H9ClN4O4S2/c15-9-1-3-10(4-2-9)25(22,23)12-7-24-6-8(12)5-11(20)13(21)14-16-18-19-17-14/h1-4,6-7H,5H2,(H,16,17,18,19). The third kappa shape index (κ3) is 3.50. The molecule has 0 saturated heterocycles. The highest BCUT2D eigenvalue weighted by atomic mass is 35.5. The number of rotatable bonds is 6. The van der Waals surface area contributed by atoms with Gasteiger partial charge in [0.25, 0.3) is 5.78 Å². The topological polar surface area (TPSA) is 123 Å². The molecule has 0 bridgehead atoms. The van der Waals surface area contributed by atoms with Gasteiger partial charge in [0, 0.05) is 16.8 Å². The van der Waals surface area contributed by atoms with Gasteiger partial charge in [-0.3, -0.25) is 9.59 Å². The van der Waals surface area contributed by atoms with Crippen LogP contribution in [0.5, 0.6) is 0 Å². The molecule has 0 saturated carbocycles. The van der Waals surface area contributed by atoms with Crippen molar-refractivity contribution in [3.05, 3.63) is 51.4 Å². The van der Waals surface area contributed by atoms with Crippen molar-refractivity contribution >= 4 is 44.3 Å². The van der Waals surface area contributed by atoms with Crippen molar-refractivity contribution in [2.75, 3.05) is 0 Å². The van der Waals surface area contributed by atoms with Gasteiger partial charge in [0.1, 0.15) is 0 Å². The highest BCUT2D eigenvalue weighted by Crippen LogP contribution is 2.28. The van der Waals surface area contributed by atoms with Crippen LogP contribution in [0.25, 0.3) is 0 Å². The number of H-pyrrole nitrogens is 1. The van der Waals surface area contributed by atoms with E-state index in [4.69, 9.17) is 11.6 Å². The molecule has 3 aromatic rings. The summed E-state index contributed by atoms with van der Waals surface area (Å²) in [6.07, 6.45) is -0.376. The van der Waals surface area contributed by atoms with Crippen LogP contribution < -0.4 is 0 Å². The lowest BCUT2D eigenvalue weighted by atomic mass is 10.1. The normalized spacial score (nSPS) is 11.4. The zero-order valence-corrected chi connectivity index (χ0v) is 14.7. The molecule has 0 unspecified atom stereocenters. The predicted molar refractivity (Wildman–Crippen MR) is 88.4 cm³/mol. The van der Waals surface area contributed by atoms with Crippen molar-refractivity contribution in [2.45, 2.75) is 16.2 Å². The summed E-state index contributed by atoms with van der Waals surface area (Å²) in [5.74, 6) is -2.12. The van der Waals surface area contributed by atoms with E-state index in [1.807, 2.05) is 0 Å². The van der Waals surface area contributed by atoms with E-state index in [0.717, 1.165) is 11.3 Å². The quantitative estimate of drug-likeness (QED) is 0.497. The molecule has 25 heavy (non-hydrogen) atoms. The number of nitrogens with one attached hydrogen (secondary N) is 1. The molecule has 0 radical (unpaired) electrons. The number of aromatic amines is 1. The van der Waals surface area contributed by atoms with Gasteiger partial charge in [-0.25, -0.2) is 8.42 Å². The molecule has 3 rings (SSSR count). The number of tetrazole rings is 1. The summed E-state index contributed by atoms with van der Waals surface area (Å²) in [5.41, 5.74) is 0.238. The summed E-state index contributed by atoms with van der Waals surface area (Å²) in [7, 11) is -3.83. The molecule has 0 aliphatic heterocycles. The van der Waals surface area contributed by atoms with Gasteiger partial charge in [0.2, 0.25) is 21.4 Å². The summed E-state index contributed by atoms with van der Waals surface area (Å²) in [4.78, 5) is 24.0. The molecular formula is C14H9ClN4O4S2. The van der Waals surface area contributed by atoms with E-state index < -0.39 is 21.4 Å². The van der Waals surface area contributed by atoms with Crippen LogP contribution in [0.2, 0.25) is 5.02 Å². The summed E-state index contributed by atoms with van der Waals surface area (Å²) >= 11 is 6.90. The van der Waals surface area contributed by atoms with Crippen molar-refractivity contribution in [2.24, 2.45) is 0 Å². The van der Waals surface area contributed by atoms with Crippen molar-refractivity contribution in [3.8, 4) is 0 Å². The number of Topliss-reactive ketones (excluding diaryl/α,β-unsaturated/α-hetero) is 2. The fraction of sp³-hybridized carbons (Fsp3) is 0.0714. The maximum atomic E-state index is 12.7. The van der Waals surface area contributed by atoms with Crippen LogP contribution in [0.4, 0.5) is 0 Å². The van der Waals surface area contributed by atoms with Gasteiger partial charge < -0.3 is 0 Å². The Morgan fingerprint density at radius 1 is 1.16 bits per heavy atom. The van der Waals surface area contributed by atoms with Gasteiger partial charge in [0.15, 0.2) is 0 Å². The number of sulfone groups is 1. The maximum absolute atomic E-state index is 12.7. The van der Waals surface area contributed by atoms with Crippen LogP contribution in [0, 0.1) is 0 Å². The fourth-order valence-electron chi connectivity index (χ4n) is 2.05. The molecule has 0 aliphatic rings. The van der Waals surface area contributed by atoms with Crippen LogP contribution in [0.15, 0.2) is 44.8 Å². The number of thiophene rings is 1. The summed E-state index contributed by atoms with van der Waals surface area (Å²) in [5, 5.41) is 15.5. The first kappa shape index (κ1) is 17.4. The Hall–Kier alpha value is -2.43. The van der Waals surface area contributed by atoms with Gasteiger partial charge in [-0.05, 0) is 40.4 Å². The first-order valence-corrected chi connectivity index (χ1v) is 9.56. The number of carbonyl (C=O) groups is 2. The smallest absolute Gasteiger partial charge is 0.269 e. The molecule has 1 N–H and O–H groups in total. The summed E-state index contributed by atoms with van der Waals surface area (Å²) in [6, 6.07) is 5.69. The summed E-state index contributed by atoms with van der Waals surface area (Å²) < 4.78 is 25.5. The first-order chi connectivity index (χ1) is 11.9. The van der Waals surface area contributed by atoms with Crippen LogP contribution in [0.3, 0.4) is 0 Å². The second kappa shape index (κ2) is 6.82. The molecule has 11 heteroatoms. The lowest BCUT2D eigenvalue weighted by Crippen LogP contribution is -2.19. The highest BCUT2D eigenvalue weighted by molar-refractivity contribution is 7.91. The molecule has 0 spiro atoms. The Kier molecular flexibility index (Phi) is 4.75. The Balaban J connectivity index is 1.89. The van der Waals surface area contributed by atoms with Crippen LogP contribution in [-0.4, -0.2) is 40.6 Å². The molecule has 128 valence electrons. The highest BCUT2D eigenvalue weighted by Gasteiger charge is 2.26. The Morgan fingerprint density at radius 3 is 2.52 bits per heavy atom. The fourth-order valence-corrected chi connectivity index (χ4v) is 4.87. The lowest BCUT2D eigenvalue weighted by molar-refractivity contribution is -0.114. The van der Waals surface area contributed by atoms with E-state index in [9.17, 15) is 18.0 Å². The number of benzene rings is 1. The van der Waals surface area contributed by atoms with E-state index >= 15 is 0 Å². The summed E-state index contributed by atoms with van der Waals surface area (Å²) in [6.45, 7) is 0. The minimum atomic E-state index is -3.83. The minimum Gasteiger partial charge on any atom is -0.290 e. The number of halogens is 1. The Bertz CT molecular complexity index is 1030. The molecule has 1 aromatic carbocycles. The van der Waals surface area contributed by atoms with Crippen molar-refractivity contribution in [3.63, 3.8) is 0 Å². The largest absolute Gasteiger partial charge is 0.290 e. The number of aromatic nitrogens is 4. The van der Waals surface area contributed by atoms with Gasteiger partial charge >= 0.3 is 0 Å². The molecule has 8 nitrogen and oxygen atoms in total. The molecular weight excluding hydrogens is 388 g/mol. The molecule has 2 heterocycles. The van der Waals surface area contributed by atoms with Crippen LogP contribution in [0.1, 0.15) is 16.2 Å². The Labute approximate surface area is 150 Å². The van der Waals surface area contributed by atoms with E-state index in [0.29, 0.717) is 5.02 Å². The number of nitrogens with zero attached hydrogens (tertiary/aromatic N) is 3. The average molecular weight is 397 g/mol. The van der Waals surface area contributed by atoms with E-state index in [1.54, 1.807) is 0 Å². The van der Waals surface area contributed by atoms with Gasteiger partial charge in [-0.2, -0.15) is 16.6 Å². The van der Waals surface area contributed by atoms with Gasteiger partial charge in [-0.15, -0.1) is 10.2 Å². The zero-order chi connectivity index (χ0) is 18.0. The minimum absolute atomic E-state index is 0.0194. The predicted octanol–water partition coefficient (Wildman–Crippen LogP) is 1.74. The number of carbonyl (C=O) groups excluding carboxylic acids is 2. The number of hydrogen-bond acceptors (Lipinski definition) is 8. The maximum Gasteiger partial charge on any atom is 0.269 e. The van der Waals surface area contributed by atoms with E-state index in [1.165, 1.54) is 35.0 Å². The van der Waals surface area contributed by atoms with Gasteiger partial charge in [0.05, 0.1) is 9.79 Å². The second-order valence-electron chi connectivity index (χ2n) is 4.88. The van der Waals surface area contributed by atoms with E-state index in [-0.39, 0.29) is 27.6 Å². The molecule has 0 fully saturated rings. The first-order valence-electron chi connectivity index (χ1n) is 6.76.